The summed E-state index contributed by atoms with van der Waals surface area (Å²) in [6.45, 7) is 2.28. The number of hydrogen-bond donors (Lipinski definition) is 1. The van der Waals surface area contributed by atoms with Gasteiger partial charge in [0.25, 0.3) is 0 Å². The zero-order valence-corrected chi connectivity index (χ0v) is 10.3. The molecular formula is C10H14BrNO3. The first-order chi connectivity index (χ1) is 7.08. The van der Waals surface area contributed by atoms with Crippen LogP contribution in [0, 0.1) is 6.92 Å². The van der Waals surface area contributed by atoms with Crippen LogP contribution in [0.2, 0.25) is 0 Å². The molecule has 84 valence electrons. The van der Waals surface area contributed by atoms with E-state index in [-0.39, 0.29) is 18.3 Å². The van der Waals surface area contributed by atoms with E-state index in [0.29, 0.717) is 11.2 Å². The lowest BCUT2D eigenvalue weighted by molar-refractivity contribution is -0.141. The molecule has 1 aromatic heterocycles. The van der Waals surface area contributed by atoms with Crippen molar-refractivity contribution < 1.29 is 13.9 Å². The molecule has 1 rings (SSSR count). The fourth-order valence-corrected chi connectivity index (χ4v) is 1.95. The van der Waals surface area contributed by atoms with Crippen LogP contribution in [0.5, 0.6) is 0 Å². The van der Waals surface area contributed by atoms with Crippen molar-refractivity contribution in [1.82, 2.24) is 0 Å². The van der Waals surface area contributed by atoms with E-state index in [1.807, 2.05) is 13.0 Å². The summed E-state index contributed by atoms with van der Waals surface area (Å²) in [5, 5.41) is 0. The molecule has 1 heterocycles. The van der Waals surface area contributed by atoms with Gasteiger partial charge in [0.1, 0.15) is 5.76 Å². The number of carbonyl (C=O) groups excluding carboxylic acids is 1. The largest absolute Gasteiger partial charge is 0.469 e. The molecule has 0 bridgehead atoms. The normalized spacial score (nSPS) is 12.5. The Hall–Kier alpha value is -0.810. The lowest BCUT2D eigenvalue weighted by Crippen LogP contribution is -2.17. The van der Waals surface area contributed by atoms with Crippen molar-refractivity contribution in [2.24, 2.45) is 5.73 Å². The number of carbonyl (C=O) groups is 1. The Bertz CT molecular complexity index is 348. The van der Waals surface area contributed by atoms with Crippen molar-refractivity contribution in [3.63, 3.8) is 0 Å². The topological polar surface area (TPSA) is 65.5 Å². The quantitative estimate of drug-likeness (QED) is 0.854. The number of nitrogens with two attached hydrogens (primary N) is 1. The first kappa shape index (κ1) is 12.3. The summed E-state index contributed by atoms with van der Waals surface area (Å²) in [5.74, 6) is 0.343. The van der Waals surface area contributed by atoms with E-state index in [2.05, 4.69) is 20.7 Å². The SMILES string of the molecule is COC(=O)CC(CN)c1oc(Br)cc1C. The minimum Gasteiger partial charge on any atom is -0.469 e. The Morgan fingerprint density at radius 2 is 2.40 bits per heavy atom. The zero-order valence-electron chi connectivity index (χ0n) is 8.75. The second-order valence-electron chi connectivity index (χ2n) is 3.31. The van der Waals surface area contributed by atoms with Crippen LogP contribution in [-0.4, -0.2) is 19.6 Å². The van der Waals surface area contributed by atoms with E-state index in [0.717, 1.165) is 11.3 Å². The smallest absolute Gasteiger partial charge is 0.306 e. The first-order valence-electron chi connectivity index (χ1n) is 4.61. The predicted octanol–water partition coefficient (Wildman–Crippen LogP) is 1.96. The van der Waals surface area contributed by atoms with E-state index < -0.39 is 0 Å². The molecule has 0 spiro atoms. The number of furan rings is 1. The predicted molar refractivity (Wildman–Crippen MR) is 59.6 cm³/mol. The molecule has 0 aliphatic carbocycles. The van der Waals surface area contributed by atoms with Gasteiger partial charge in [0.05, 0.1) is 13.5 Å². The Labute approximate surface area is 96.9 Å². The number of rotatable bonds is 4. The van der Waals surface area contributed by atoms with Crippen molar-refractivity contribution in [3.8, 4) is 0 Å². The first-order valence-corrected chi connectivity index (χ1v) is 5.40. The fraction of sp³-hybridized carbons (Fsp3) is 0.500. The van der Waals surface area contributed by atoms with E-state index in [1.54, 1.807) is 0 Å². The van der Waals surface area contributed by atoms with Crippen molar-refractivity contribution in [3.05, 3.63) is 22.1 Å². The van der Waals surface area contributed by atoms with Crippen LogP contribution < -0.4 is 5.73 Å². The molecule has 4 nitrogen and oxygen atoms in total. The Kier molecular flexibility index (Phi) is 4.35. The van der Waals surface area contributed by atoms with Gasteiger partial charge in [0.2, 0.25) is 0 Å². The summed E-state index contributed by atoms with van der Waals surface area (Å²) >= 11 is 3.24. The van der Waals surface area contributed by atoms with Gasteiger partial charge in [0.15, 0.2) is 4.67 Å². The maximum Gasteiger partial charge on any atom is 0.306 e. The van der Waals surface area contributed by atoms with Crippen LogP contribution >= 0.6 is 15.9 Å². The van der Waals surface area contributed by atoms with Crippen LogP contribution in [0.3, 0.4) is 0 Å². The second-order valence-corrected chi connectivity index (χ2v) is 4.09. The Morgan fingerprint density at radius 1 is 1.73 bits per heavy atom. The molecule has 0 aromatic carbocycles. The minimum absolute atomic E-state index is 0.122. The number of ether oxygens (including phenoxy) is 1. The summed E-state index contributed by atoms with van der Waals surface area (Å²) in [5.41, 5.74) is 6.59. The third kappa shape index (κ3) is 3.07. The molecule has 0 saturated heterocycles. The van der Waals surface area contributed by atoms with Gasteiger partial charge in [-0.2, -0.15) is 0 Å². The Morgan fingerprint density at radius 3 is 2.80 bits per heavy atom. The van der Waals surface area contributed by atoms with E-state index >= 15 is 0 Å². The lowest BCUT2D eigenvalue weighted by atomic mass is 10.00. The minimum atomic E-state index is -0.280. The van der Waals surface area contributed by atoms with Crippen molar-refractivity contribution in [2.75, 3.05) is 13.7 Å². The van der Waals surface area contributed by atoms with Crippen molar-refractivity contribution >= 4 is 21.9 Å². The van der Waals surface area contributed by atoms with E-state index in [4.69, 9.17) is 10.2 Å². The standard InChI is InChI=1S/C10H14BrNO3/c1-6-3-8(11)15-10(6)7(5-12)4-9(13)14-2/h3,7H,4-5,12H2,1-2H3. The number of halogens is 1. The van der Waals surface area contributed by atoms with Gasteiger partial charge >= 0.3 is 5.97 Å². The van der Waals surface area contributed by atoms with Gasteiger partial charge in [-0.1, -0.05) is 0 Å². The molecule has 0 radical (unpaired) electrons. The van der Waals surface area contributed by atoms with Crippen LogP contribution in [0.1, 0.15) is 23.7 Å². The molecule has 0 fully saturated rings. The molecule has 2 N–H and O–H groups in total. The zero-order chi connectivity index (χ0) is 11.4. The Balaban J connectivity index is 2.82. The highest BCUT2D eigenvalue weighted by molar-refractivity contribution is 9.10. The van der Waals surface area contributed by atoms with E-state index in [1.165, 1.54) is 7.11 Å². The van der Waals surface area contributed by atoms with Crippen LogP contribution in [0.25, 0.3) is 0 Å². The summed E-state index contributed by atoms with van der Waals surface area (Å²) in [7, 11) is 1.36. The molecule has 1 atom stereocenters. The average molecular weight is 276 g/mol. The van der Waals surface area contributed by atoms with Gasteiger partial charge in [-0.3, -0.25) is 4.79 Å². The van der Waals surface area contributed by atoms with Crippen LogP contribution in [0.4, 0.5) is 0 Å². The molecule has 5 heteroatoms. The van der Waals surface area contributed by atoms with E-state index in [9.17, 15) is 4.79 Å². The van der Waals surface area contributed by atoms with Gasteiger partial charge in [-0.25, -0.2) is 0 Å². The molecule has 0 aliphatic rings. The molecule has 1 unspecified atom stereocenters. The number of hydrogen-bond acceptors (Lipinski definition) is 4. The fourth-order valence-electron chi connectivity index (χ4n) is 1.43. The molecule has 1 aromatic rings. The number of aryl methyl sites for hydroxylation is 1. The van der Waals surface area contributed by atoms with Gasteiger partial charge < -0.3 is 14.9 Å². The van der Waals surface area contributed by atoms with Crippen LogP contribution in [0.15, 0.2) is 15.2 Å². The molecular weight excluding hydrogens is 262 g/mol. The van der Waals surface area contributed by atoms with Gasteiger partial charge in [0, 0.05) is 12.5 Å². The summed E-state index contributed by atoms with van der Waals surface area (Å²) in [6, 6.07) is 1.86. The molecule has 15 heavy (non-hydrogen) atoms. The van der Waals surface area contributed by atoms with Gasteiger partial charge in [-0.15, -0.1) is 0 Å². The average Bonchev–Trinajstić information content (AvgIpc) is 2.54. The maximum absolute atomic E-state index is 11.1. The summed E-state index contributed by atoms with van der Waals surface area (Å²) in [4.78, 5) is 11.1. The van der Waals surface area contributed by atoms with Crippen LogP contribution in [-0.2, 0) is 9.53 Å². The number of methoxy groups -OCH3 is 1. The molecule has 0 amide bonds. The monoisotopic (exact) mass is 275 g/mol. The third-order valence-electron chi connectivity index (χ3n) is 2.22. The summed E-state index contributed by atoms with van der Waals surface area (Å²) < 4.78 is 10.7. The maximum atomic E-state index is 11.1. The third-order valence-corrected chi connectivity index (χ3v) is 2.61. The highest BCUT2D eigenvalue weighted by Gasteiger charge is 2.20. The molecule has 0 aliphatic heterocycles. The van der Waals surface area contributed by atoms with Gasteiger partial charge in [-0.05, 0) is 34.5 Å². The number of esters is 1. The lowest BCUT2D eigenvalue weighted by Gasteiger charge is -2.11. The highest BCUT2D eigenvalue weighted by atomic mass is 79.9. The highest BCUT2D eigenvalue weighted by Crippen LogP contribution is 2.28. The molecule has 0 saturated carbocycles. The summed E-state index contributed by atoms with van der Waals surface area (Å²) in [6.07, 6.45) is 0.244. The van der Waals surface area contributed by atoms with Crippen molar-refractivity contribution in [2.45, 2.75) is 19.3 Å². The second kappa shape index (κ2) is 5.32. The van der Waals surface area contributed by atoms with Crippen molar-refractivity contribution in [1.29, 1.82) is 0 Å².